The molecule has 0 saturated heterocycles. The molecule has 0 aliphatic heterocycles. The molecular formula is C16H27NO3S. The maximum atomic E-state index is 12.9. The SMILES string of the molecule is CCC(CC)N(CC(C)C)S(=O)(=O)c1ccc(CO)cc1. The fraction of sp³-hybridized carbons (Fsp3) is 0.625. The third kappa shape index (κ3) is 4.53. The smallest absolute Gasteiger partial charge is 0.243 e. The van der Waals surface area contributed by atoms with Crippen molar-refractivity contribution >= 4 is 10.0 Å². The Morgan fingerprint density at radius 3 is 2.00 bits per heavy atom. The molecular weight excluding hydrogens is 286 g/mol. The van der Waals surface area contributed by atoms with Crippen LogP contribution in [0.2, 0.25) is 0 Å². The number of nitrogens with zero attached hydrogens (tertiary/aromatic N) is 1. The van der Waals surface area contributed by atoms with E-state index in [4.69, 9.17) is 5.11 Å². The van der Waals surface area contributed by atoms with Gasteiger partial charge in [-0.1, -0.05) is 39.8 Å². The highest BCUT2D eigenvalue weighted by atomic mass is 32.2. The molecule has 0 heterocycles. The van der Waals surface area contributed by atoms with Crippen molar-refractivity contribution in [2.45, 2.75) is 58.1 Å². The van der Waals surface area contributed by atoms with Crippen LogP contribution in [0, 0.1) is 5.92 Å². The molecule has 0 aromatic heterocycles. The Balaban J connectivity index is 3.18. The van der Waals surface area contributed by atoms with E-state index in [-0.39, 0.29) is 18.6 Å². The first kappa shape index (κ1) is 18.1. The lowest BCUT2D eigenvalue weighted by molar-refractivity contribution is 0.276. The molecule has 0 atom stereocenters. The quantitative estimate of drug-likeness (QED) is 0.802. The maximum absolute atomic E-state index is 12.9. The average molecular weight is 313 g/mol. The lowest BCUT2D eigenvalue weighted by atomic mass is 10.1. The van der Waals surface area contributed by atoms with Crippen molar-refractivity contribution in [3.05, 3.63) is 29.8 Å². The Hall–Kier alpha value is -0.910. The van der Waals surface area contributed by atoms with Gasteiger partial charge in [0.2, 0.25) is 10.0 Å². The van der Waals surface area contributed by atoms with E-state index >= 15 is 0 Å². The molecule has 21 heavy (non-hydrogen) atoms. The van der Waals surface area contributed by atoms with Crippen LogP contribution >= 0.6 is 0 Å². The van der Waals surface area contributed by atoms with Gasteiger partial charge in [0, 0.05) is 12.6 Å². The summed E-state index contributed by atoms with van der Waals surface area (Å²) in [7, 11) is -3.49. The van der Waals surface area contributed by atoms with Crippen molar-refractivity contribution in [1.82, 2.24) is 4.31 Å². The summed E-state index contributed by atoms with van der Waals surface area (Å²) in [5, 5.41) is 9.06. The van der Waals surface area contributed by atoms with E-state index in [0.717, 1.165) is 12.8 Å². The molecule has 5 heteroatoms. The number of hydrogen-bond donors (Lipinski definition) is 1. The topological polar surface area (TPSA) is 57.6 Å². The maximum Gasteiger partial charge on any atom is 0.243 e. The van der Waals surface area contributed by atoms with E-state index in [1.807, 2.05) is 27.7 Å². The third-order valence-corrected chi connectivity index (χ3v) is 5.54. The van der Waals surface area contributed by atoms with Crippen LogP contribution < -0.4 is 0 Å². The highest BCUT2D eigenvalue weighted by molar-refractivity contribution is 7.89. The summed E-state index contributed by atoms with van der Waals surface area (Å²) in [5.74, 6) is 0.275. The summed E-state index contributed by atoms with van der Waals surface area (Å²) < 4.78 is 27.4. The summed E-state index contributed by atoms with van der Waals surface area (Å²) in [6, 6.07) is 6.50. The second kappa shape index (κ2) is 7.92. The van der Waals surface area contributed by atoms with Crippen LogP contribution in [-0.2, 0) is 16.6 Å². The monoisotopic (exact) mass is 313 g/mol. The summed E-state index contributed by atoms with van der Waals surface area (Å²) in [4.78, 5) is 0.298. The van der Waals surface area contributed by atoms with E-state index < -0.39 is 10.0 Å². The van der Waals surface area contributed by atoms with Gasteiger partial charge in [-0.2, -0.15) is 4.31 Å². The van der Waals surface area contributed by atoms with Gasteiger partial charge in [-0.3, -0.25) is 0 Å². The van der Waals surface area contributed by atoms with Gasteiger partial charge in [0.15, 0.2) is 0 Å². The van der Waals surface area contributed by atoms with Gasteiger partial charge in [-0.25, -0.2) is 8.42 Å². The molecule has 0 amide bonds. The molecule has 0 bridgehead atoms. The lowest BCUT2D eigenvalue weighted by Crippen LogP contribution is -2.41. The van der Waals surface area contributed by atoms with Crippen LogP contribution in [0.1, 0.15) is 46.1 Å². The van der Waals surface area contributed by atoms with Crippen LogP contribution in [0.3, 0.4) is 0 Å². The Kier molecular flexibility index (Phi) is 6.84. The van der Waals surface area contributed by atoms with Crippen LogP contribution in [0.5, 0.6) is 0 Å². The van der Waals surface area contributed by atoms with E-state index in [1.165, 1.54) is 0 Å². The number of sulfonamides is 1. The Bertz CT molecular complexity index is 519. The number of aliphatic hydroxyl groups excluding tert-OH is 1. The minimum Gasteiger partial charge on any atom is -0.392 e. The zero-order chi connectivity index (χ0) is 16.0. The molecule has 0 radical (unpaired) electrons. The standard InChI is InChI=1S/C16H27NO3S/c1-5-15(6-2)17(11-13(3)4)21(19,20)16-9-7-14(12-18)8-10-16/h7-10,13,15,18H,5-6,11-12H2,1-4H3. The highest BCUT2D eigenvalue weighted by Gasteiger charge is 2.30. The molecule has 0 aliphatic carbocycles. The first-order valence-electron chi connectivity index (χ1n) is 7.58. The number of hydrogen-bond acceptors (Lipinski definition) is 3. The van der Waals surface area contributed by atoms with Gasteiger partial charge in [0.1, 0.15) is 0 Å². The summed E-state index contributed by atoms with van der Waals surface area (Å²) in [6.45, 7) is 8.54. The Morgan fingerprint density at radius 1 is 1.10 bits per heavy atom. The van der Waals surface area contributed by atoms with Gasteiger partial charge >= 0.3 is 0 Å². The molecule has 0 spiro atoms. The van der Waals surface area contributed by atoms with Crippen LogP contribution in [0.4, 0.5) is 0 Å². The predicted octanol–water partition coefficient (Wildman–Crippen LogP) is 3.01. The highest BCUT2D eigenvalue weighted by Crippen LogP contribution is 2.23. The van der Waals surface area contributed by atoms with Gasteiger partial charge in [-0.15, -0.1) is 0 Å². The Morgan fingerprint density at radius 2 is 1.62 bits per heavy atom. The van der Waals surface area contributed by atoms with Gasteiger partial charge in [-0.05, 0) is 36.5 Å². The molecule has 0 unspecified atom stereocenters. The minimum absolute atomic E-state index is 0.0231. The zero-order valence-electron chi connectivity index (χ0n) is 13.4. The minimum atomic E-state index is -3.49. The zero-order valence-corrected chi connectivity index (χ0v) is 14.2. The summed E-state index contributed by atoms with van der Waals surface area (Å²) in [6.07, 6.45) is 1.61. The molecule has 1 rings (SSSR count). The molecule has 1 aromatic carbocycles. The van der Waals surface area contributed by atoms with Crippen molar-refractivity contribution in [2.24, 2.45) is 5.92 Å². The second-order valence-corrected chi connectivity index (χ2v) is 7.63. The number of aliphatic hydroxyl groups is 1. The predicted molar refractivity (Wildman–Crippen MR) is 85.5 cm³/mol. The normalized spacial score (nSPS) is 12.6. The fourth-order valence-electron chi connectivity index (χ4n) is 2.40. The van der Waals surface area contributed by atoms with E-state index in [1.54, 1.807) is 28.6 Å². The fourth-order valence-corrected chi connectivity index (χ4v) is 4.34. The summed E-state index contributed by atoms with van der Waals surface area (Å²) >= 11 is 0. The van der Waals surface area contributed by atoms with E-state index in [2.05, 4.69) is 0 Å². The van der Waals surface area contributed by atoms with Gasteiger partial charge in [0.25, 0.3) is 0 Å². The first-order chi connectivity index (χ1) is 9.86. The van der Waals surface area contributed by atoms with Crippen molar-refractivity contribution in [3.63, 3.8) is 0 Å². The third-order valence-electron chi connectivity index (χ3n) is 3.61. The lowest BCUT2D eigenvalue weighted by Gasteiger charge is -2.31. The van der Waals surface area contributed by atoms with Crippen molar-refractivity contribution in [1.29, 1.82) is 0 Å². The molecule has 120 valence electrons. The summed E-state index contributed by atoms with van der Waals surface area (Å²) in [5.41, 5.74) is 0.715. The number of benzene rings is 1. The van der Waals surface area contributed by atoms with Crippen molar-refractivity contribution < 1.29 is 13.5 Å². The van der Waals surface area contributed by atoms with E-state index in [9.17, 15) is 8.42 Å². The molecule has 0 aliphatic rings. The molecule has 0 saturated carbocycles. The van der Waals surface area contributed by atoms with Crippen LogP contribution in [-0.4, -0.2) is 30.4 Å². The average Bonchev–Trinajstić information content (AvgIpc) is 2.47. The molecule has 1 N–H and O–H groups in total. The van der Waals surface area contributed by atoms with Gasteiger partial charge < -0.3 is 5.11 Å². The molecule has 0 fully saturated rings. The van der Waals surface area contributed by atoms with Gasteiger partial charge in [0.05, 0.1) is 11.5 Å². The molecule has 1 aromatic rings. The number of rotatable bonds is 8. The van der Waals surface area contributed by atoms with E-state index in [0.29, 0.717) is 17.0 Å². The van der Waals surface area contributed by atoms with Crippen LogP contribution in [0.15, 0.2) is 29.2 Å². The van der Waals surface area contributed by atoms with Crippen molar-refractivity contribution in [3.8, 4) is 0 Å². The van der Waals surface area contributed by atoms with Crippen LogP contribution in [0.25, 0.3) is 0 Å². The Labute approximate surface area is 128 Å². The first-order valence-corrected chi connectivity index (χ1v) is 9.02. The molecule has 4 nitrogen and oxygen atoms in total. The van der Waals surface area contributed by atoms with Crippen molar-refractivity contribution in [2.75, 3.05) is 6.54 Å². The largest absolute Gasteiger partial charge is 0.392 e. The second-order valence-electron chi connectivity index (χ2n) is 5.74.